The molecule has 4 heteroatoms. The molecular weight excluding hydrogens is 777 g/mol. The number of imidazole rings is 1. The molecule has 0 bridgehead atoms. The molecule has 7 aromatic carbocycles. The molecule has 0 atom stereocenters. The van der Waals surface area contributed by atoms with Gasteiger partial charge in [0.05, 0.1) is 27.9 Å². The van der Waals surface area contributed by atoms with E-state index < -0.39 is 0 Å². The van der Waals surface area contributed by atoms with Crippen LogP contribution < -0.4 is 0 Å². The first-order valence-electron chi connectivity index (χ1n) is 22.6. The number of hydrogen-bond acceptors (Lipinski definition) is 2. The number of aromatic nitrogens is 4. The van der Waals surface area contributed by atoms with Crippen molar-refractivity contribution in [3.8, 4) is 61.7 Å². The number of H-pyrrole nitrogens is 1. The van der Waals surface area contributed by atoms with Gasteiger partial charge in [-0.05, 0) is 116 Å². The Morgan fingerprint density at radius 1 is 0.438 bits per heavy atom. The van der Waals surface area contributed by atoms with Crippen LogP contribution in [-0.2, 0) is 16.2 Å². The number of rotatable bonds is 6. The molecule has 10 aromatic rings. The highest BCUT2D eigenvalue weighted by Crippen LogP contribution is 2.44. The zero-order valence-electron chi connectivity index (χ0n) is 38.5. The van der Waals surface area contributed by atoms with Crippen LogP contribution in [0.1, 0.15) is 79.0 Å². The van der Waals surface area contributed by atoms with Crippen LogP contribution in [0.15, 0.2) is 170 Å². The maximum Gasteiger partial charge on any atom is 0.147 e. The largest absolute Gasteiger partial charge is 0.354 e. The first kappa shape index (κ1) is 41.0. The van der Waals surface area contributed by atoms with Crippen molar-refractivity contribution < 1.29 is 0 Å². The topological polar surface area (TPSA) is 46.5 Å². The minimum Gasteiger partial charge on any atom is -0.354 e. The first-order chi connectivity index (χ1) is 30.6. The lowest BCUT2D eigenvalue weighted by molar-refractivity contribution is 0.590. The van der Waals surface area contributed by atoms with Crippen molar-refractivity contribution in [3.63, 3.8) is 0 Å². The Balaban J connectivity index is 1.28. The van der Waals surface area contributed by atoms with Gasteiger partial charge in [0.25, 0.3) is 0 Å². The monoisotopic (exact) mass is 832 g/mol. The number of nitrogens with zero attached hydrogens (tertiary/aromatic N) is 3. The molecule has 316 valence electrons. The highest BCUT2D eigenvalue weighted by molar-refractivity contribution is 6.13. The van der Waals surface area contributed by atoms with E-state index in [1.54, 1.807) is 0 Å². The van der Waals surface area contributed by atoms with Crippen LogP contribution in [0.4, 0.5) is 0 Å². The van der Waals surface area contributed by atoms with Crippen molar-refractivity contribution in [2.45, 2.75) is 78.6 Å². The second kappa shape index (κ2) is 15.3. The average molecular weight is 833 g/mol. The quantitative estimate of drug-likeness (QED) is 0.181. The zero-order chi connectivity index (χ0) is 44.5. The van der Waals surface area contributed by atoms with Crippen molar-refractivity contribution >= 4 is 32.8 Å². The van der Waals surface area contributed by atoms with Crippen LogP contribution in [0.5, 0.6) is 0 Å². The lowest BCUT2D eigenvalue weighted by atomic mass is 9.83. The van der Waals surface area contributed by atoms with Crippen LogP contribution in [0, 0.1) is 0 Å². The number of hydrogen-bond donors (Lipinski definition) is 1. The summed E-state index contributed by atoms with van der Waals surface area (Å²) in [7, 11) is 0. The van der Waals surface area contributed by atoms with E-state index in [2.05, 4.69) is 236 Å². The van der Waals surface area contributed by atoms with Gasteiger partial charge in [-0.1, -0.05) is 165 Å². The van der Waals surface area contributed by atoms with Gasteiger partial charge < -0.3 is 4.98 Å². The number of para-hydroxylation sites is 2. The summed E-state index contributed by atoms with van der Waals surface area (Å²) >= 11 is 0. The van der Waals surface area contributed by atoms with Crippen LogP contribution >= 0.6 is 0 Å². The smallest absolute Gasteiger partial charge is 0.147 e. The molecular formula is C60H56N4. The molecule has 0 spiro atoms. The van der Waals surface area contributed by atoms with Crippen LogP contribution in [0.2, 0.25) is 0 Å². The Kier molecular flexibility index (Phi) is 9.83. The predicted octanol–water partition coefficient (Wildman–Crippen LogP) is 16.3. The molecule has 0 saturated carbocycles. The van der Waals surface area contributed by atoms with Crippen molar-refractivity contribution in [2.24, 2.45) is 0 Å². The minimum atomic E-state index is -0.117. The fraction of sp³-hybridized carbons (Fsp3) is 0.200. The Labute approximate surface area is 377 Å². The summed E-state index contributed by atoms with van der Waals surface area (Å²) in [4.78, 5) is 14.7. The Hall–Kier alpha value is -7.04. The van der Waals surface area contributed by atoms with E-state index >= 15 is 0 Å². The van der Waals surface area contributed by atoms with E-state index in [0.29, 0.717) is 0 Å². The van der Waals surface area contributed by atoms with Crippen LogP contribution in [0.3, 0.4) is 0 Å². The molecule has 0 amide bonds. The third-order valence-electron chi connectivity index (χ3n) is 12.9. The normalized spacial score (nSPS) is 12.5. The van der Waals surface area contributed by atoms with Crippen LogP contribution in [-0.4, -0.2) is 19.5 Å². The number of aromatic amines is 1. The summed E-state index contributed by atoms with van der Waals surface area (Å²) in [6, 6.07) is 59.7. The zero-order valence-corrected chi connectivity index (χ0v) is 38.5. The number of benzene rings is 7. The second-order valence-corrected chi connectivity index (χ2v) is 20.5. The molecule has 0 unspecified atom stereocenters. The van der Waals surface area contributed by atoms with E-state index in [9.17, 15) is 0 Å². The summed E-state index contributed by atoms with van der Waals surface area (Å²) in [6.45, 7) is 20.7. The van der Waals surface area contributed by atoms with E-state index in [4.69, 9.17) is 9.97 Å². The molecule has 1 N–H and O–H groups in total. The standard InChI is InChI=1S/C60H56N4/c1-58(2,3)43-27-28-51-48(35-43)49-36-45(60(7,8)9)37-50(55(49)62-51)57-63-56-47(24-18-26-54(56)64(57)53-25-17-16-23-46(53)39-21-14-11-15-22-39)41-31-42(33-44(32-41)59(4,5)6)52-34-40(29-30-61-52)38-19-12-10-13-20-38/h10-37,62H,1-9H3. The van der Waals surface area contributed by atoms with Crippen molar-refractivity contribution in [1.82, 2.24) is 19.5 Å². The maximum atomic E-state index is 5.85. The molecule has 4 nitrogen and oxygen atoms in total. The average Bonchev–Trinajstić information content (AvgIpc) is 3.87. The minimum absolute atomic E-state index is 0.0126. The molecule has 10 rings (SSSR count). The van der Waals surface area contributed by atoms with Gasteiger partial charge in [-0.25, -0.2) is 4.98 Å². The van der Waals surface area contributed by atoms with Gasteiger partial charge in [0.2, 0.25) is 0 Å². The van der Waals surface area contributed by atoms with Crippen molar-refractivity contribution in [1.29, 1.82) is 0 Å². The van der Waals surface area contributed by atoms with E-state index in [-0.39, 0.29) is 16.2 Å². The van der Waals surface area contributed by atoms with Crippen molar-refractivity contribution in [3.05, 3.63) is 187 Å². The molecule has 3 aromatic heterocycles. The van der Waals surface area contributed by atoms with E-state index in [0.717, 1.165) is 78.2 Å². The van der Waals surface area contributed by atoms with Crippen molar-refractivity contribution in [2.75, 3.05) is 0 Å². The first-order valence-corrected chi connectivity index (χ1v) is 22.6. The maximum absolute atomic E-state index is 5.85. The fourth-order valence-electron chi connectivity index (χ4n) is 9.13. The highest BCUT2D eigenvalue weighted by Gasteiger charge is 2.27. The predicted molar refractivity (Wildman–Crippen MR) is 272 cm³/mol. The molecule has 64 heavy (non-hydrogen) atoms. The van der Waals surface area contributed by atoms with Gasteiger partial charge in [0.15, 0.2) is 0 Å². The molecule has 3 heterocycles. The number of nitrogens with one attached hydrogen (secondary N) is 1. The fourth-order valence-corrected chi connectivity index (χ4v) is 9.13. The molecule has 0 saturated heterocycles. The molecule has 0 aliphatic heterocycles. The summed E-state index contributed by atoms with van der Waals surface area (Å²) < 4.78 is 2.41. The van der Waals surface area contributed by atoms with Gasteiger partial charge in [0, 0.05) is 44.7 Å². The second-order valence-electron chi connectivity index (χ2n) is 20.5. The molecule has 0 fully saturated rings. The summed E-state index contributed by atoms with van der Waals surface area (Å²) in [5, 5.41) is 2.45. The van der Waals surface area contributed by atoms with Gasteiger partial charge in [-0.2, -0.15) is 0 Å². The van der Waals surface area contributed by atoms with Crippen LogP contribution in [0.25, 0.3) is 94.6 Å². The Morgan fingerprint density at radius 2 is 1.06 bits per heavy atom. The summed E-state index contributed by atoms with van der Waals surface area (Å²) in [5.74, 6) is 0.897. The lowest BCUT2D eigenvalue weighted by Crippen LogP contribution is -2.11. The van der Waals surface area contributed by atoms with E-state index in [1.807, 2.05) is 6.20 Å². The number of fused-ring (bicyclic) bond motifs is 4. The Morgan fingerprint density at radius 3 is 1.78 bits per heavy atom. The third kappa shape index (κ3) is 7.41. The Bertz CT molecular complexity index is 3360. The summed E-state index contributed by atoms with van der Waals surface area (Å²) in [6.07, 6.45) is 1.93. The van der Waals surface area contributed by atoms with Gasteiger partial charge in [-0.3, -0.25) is 9.55 Å². The van der Waals surface area contributed by atoms with Gasteiger partial charge >= 0.3 is 0 Å². The van der Waals surface area contributed by atoms with Gasteiger partial charge in [-0.15, -0.1) is 0 Å². The van der Waals surface area contributed by atoms with E-state index in [1.165, 1.54) is 33.0 Å². The molecule has 0 aliphatic rings. The van der Waals surface area contributed by atoms with Gasteiger partial charge in [0.1, 0.15) is 5.82 Å². The lowest BCUT2D eigenvalue weighted by Gasteiger charge is -2.22. The molecule has 0 aliphatic carbocycles. The number of pyridine rings is 1. The molecule has 0 radical (unpaired) electrons. The summed E-state index contributed by atoms with van der Waals surface area (Å²) in [5.41, 5.74) is 18.8. The SMILES string of the molecule is CC(C)(C)c1cc(-c2cc(-c3ccccc3)ccn2)cc(-c2cccc3c2nc(-c2cc(C(C)(C)C)cc4c2[nH]c2ccc(C(C)(C)C)cc24)n3-c2ccccc2-c2ccccc2)c1. The highest BCUT2D eigenvalue weighted by atomic mass is 15.1. The third-order valence-corrected chi connectivity index (χ3v) is 12.9.